The monoisotopic (exact) mass is 287 g/mol. The van der Waals surface area contributed by atoms with Gasteiger partial charge < -0.3 is 14.2 Å². The Morgan fingerprint density at radius 2 is 1.90 bits per heavy atom. The highest BCUT2D eigenvalue weighted by molar-refractivity contribution is 5.89. The van der Waals surface area contributed by atoms with Gasteiger partial charge in [-0.2, -0.15) is 0 Å². The van der Waals surface area contributed by atoms with E-state index in [9.17, 15) is 14.4 Å². The maximum atomic E-state index is 11.8. The minimum Gasteiger partial charge on any atom is -0.444 e. The smallest absolute Gasteiger partial charge is 0.444 e. The third-order valence-corrected chi connectivity index (χ3v) is 2.53. The predicted molar refractivity (Wildman–Crippen MR) is 69.1 cm³/mol. The molecule has 20 heavy (non-hydrogen) atoms. The van der Waals surface area contributed by atoms with Crippen LogP contribution >= 0.6 is 0 Å². The topological polar surface area (TPSA) is 82.1 Å². The second-order valence-electron chi connectivity index (χ2n) is 5.50. The van der Waals surface area contributed by atoms with Gasteiger partial charge in [-0.15, -0.1) is 0 Å². The Kier molecular flexibility index (Phi) is 5.35. The third kappa shape index (κ3) is 4.71. The third-order valence-electron chi connectivity index (χ3n) is 2.53. The van der Waals surface area contributed by atoms with E-state index < -0.39 is 29.9 Å². The largest absolute Gasteiger partial charge is 0.516 e. The Bertz CT molecular complexity index is 387. The minimum absolute atomic E-state index is 0.187. The van der Waals surface area contributed by atoms with Crippen LogP contribution in [0.5, 0.6) is 0 Å². The molecule has 0 N–H and O–H groups in total. The molecule has 1 fully saturated rings. The molecular weight excluding hydrogens is 266 g/mol. The molecule has 1 amide bonds. The number of esters is 1. The number of carbonyl (C=O) groups is 3. The Balaban J connectivity index is 2.45. The normalized spacial score (nSPS) is 18.0. The van der Waals surface area contributed by atoms with Crippen molar-refractivity contribution in [2.75, 3.05) is 13.2 Å². The molecule has 7 heteroatoms. The highest BCUT2D eigenvalue weighted by atomic mass is 16.7. The van der Waals surface area contributed by atoms with Crippen molar-refractivity contribution in [3.8, 4) is 0 Å². The fourth-order valence-electron chi connectivity index (χ4n) is 1.54. The quantitative estimate of drug-likeness (QED) is 0.584. The van der Waals surface area contributed by atoms with Gasteiger partial charge in [0.05, 0.1) is 6.61 Å². The summed E-state index contributed by atoms with van der Waals surface area (Å²) in [6.45, 7) is 7.62. The van der Waals surface area contributed by atoms with Gasteiger partial charge in [-0.05, 0) is 33.6 Å². The van der Waals surface area contributed by atoms with Crippen LogP contribution in [0.15, 0.2) is 0 Å². The molecule has 1 atom stereocenters. The molecule has 0 bridgehead atoms. The lowest BCUT2D eigenvalue weighted by molar-refractivity contribution is -0.150. The van der Waals surface area contributed by atoms with Gasteiger partial charge in [0.1, 0.15) is 11.6 Å². The van der Waals surface area contributed by atoms with E-state index in [0.29, 0.717) is 19.4 Å². The first-order chi connectivity index (χ1) is 9.24. The van der Waals surface area contributed by atoms with Crippen molar-refractivity contribution in [2.45, 2.75) is 52.2 Å². The summed E-state index contributed by atoms with van der Waals surface area (Å²) in [6, 6.07) is -0.779. The summed E-state index contributed by atoms with van der Waals surface area (Å²) in [4.78, 5) is 35.9. The van der Waals surface area contributed by atoms with Gasteiger partial charge in [0.25, 0.3) is 0 Å². The average molecular weight is 287 g/mol. The van der Waals surface area contributed by atoms with Crippen molar-refractivity contribution in [1.82, 2.24) is 4.90 Å². The Labute approximate surface area is 118 Å². The molecule has 0 aromatic heterocycles. The molecule has 1 heterocycles. The van der Waals surface area contributed by atoms with Crippen molar-refractivity contribution < 1.29 is 28.6 Å². The van der Waals surface area contributed by atoms with Crippen molar-refractivity contribution in [3.05, 3.63) is 0 Å². The summed E-state index contributed by atoms with van der Waals surface area (Å²) in [5, 5.41) is 0. The SMILES string of the molecule is CCCOC(=O)OC(=O)[C@@H]1CCN1C(=O)OC(C)(C)C. The molecule has 114 valence electrons. The maximum absolute atomic E-state index is 11.8. The van der Waals surface area contributed by atoms with E-state index in [0.717, 1.165) is 0 Å². The zero-order valence-electron chi connectivity index (χ0n) is 12.3. The summed E-state index contributed by atoms with van der Waals surface area (Å²) >= 11 is 0. The minimum atomic E-state index is -1.03. The first-order valence-electron chi connectivity index (χ1n) is 6.62. The van der Waals surface area contributed by atoms with Crippen LogP contribution in [0, 0.1) is 0 Å². The van der Waals surface area contributed by atoms with Gasteiger partial charge in [0.15, 0.2) is 0 Å². The average Bonchev–Trinajstić information content (AvgIpc) is 2.21. The van der Waals surface area contributed by atoms with E-state index in [4.69, 9.17) is 4.74 Å². The number of nitrogens with zero attached hydrogens (tertiary/aromatic N) is 1. The van der Waals surface area contributed by atoms with Crippen LogP contribution in [0.25, 0.3) is 0 Å². The predicted octanol–water partition coefficient (Wildman–Crippen LogP) is 2.09. The van der Waals surface area contributed by atoms with Gasteiger partial charge >= 0.3 is 18.2 Å². The molecular formula is C13H21NO6. The van der Waals surface area contributed by atoms with Crippen molar-refractivity contribution >= 4 is 18.2 Å². The van der Waals surface area contributed by atoms with E-state index in [2.05, 4.69) is 9.47 Å². The maximum Gasteiger partial charge on any atom is 0.516 e. The molecule has 0 saturated carbocycles. The summed E-state index contributed by atoms with van der Waals surface area (Å²) < 4.78 is 14.3. The van der Waals surface area contributed by atoms with Gasteiger partial charge in [0.2, 0.25) is 0 Å². The molecule has 0 radical (unpaired) electrons. The number of amides is 1. The van der Waals surface area contributed by atoms with Gasteiger partial charge in [-0.1, -0.05) is 6.92 Å². The zero-order valence-corrected chi connectivity index (χ0v) is 12.3. The standard InChI is InChI=1S/C13H21NO6/c1-5-8-18-12(17)19-10(15)9-6-7-14(9)11(16)20-13(2,3)4/h9H,5-8H2,1-4H3/t9-/m0/s1. The fraction of sp³-hybridized carbons (Fsp3) is 0.769. The Morgan fingerprint density at radius 1 is 1.25 bits per heavy atom. The summed E-state index contributed by atoms with van der Waals surface area (Å²) in [6.07, 6.45) is -0.545. The van der Waals surface area contributed by atoms with Crippen LogP contribution in [-0.2, 0) is 19.0 Å². The highest BCUT2D eigenvalue weighted by Crippen LogP contribution is 2.22. The highest BCUT2D eigenvalue weighted by Gasteiger charge is 2.41. The lowest BCUT2D eigenvalue weighted by atomic mass is 10.0. The summed E-state index contributed by atoms with van der Waals surface area (Å²) in [5.41, 5.74) is -0.638. The fourth-order valence-corrected chi connectivity index (χ4v) is 1.54. The first-order valence-corrected chi connectivity index (χ1v) is 6.62. The second kappa shape index (κ2) is 6.58. The van der Waals surface area contributed by atoms with Crippen LogP contribution in [0.3, 0.4) is 0 Å². The Morgan fingerprint density at radius 3 is 2.35 bits per heavy atom. The summed E-state index contributed by atoms with van der Waals surface area (Å²) in [7, 11) is 0. The van der Waals surface area contributed by atoms with Crippen LogP contribution in [0.4, 0.5) is 9.59 Å². The molecule has 0 aliphatic carbocycles. The number of carbonyl (C=O) groups excluding carboxylic acids is 3. The van der Waals surface area contributed by atoms with E-state index in [1.807, 2.05) is 6.92 Å². The van der Waals surface area contributed by atoms with Gasteiger partial charge in [0, 0.05) is 6.54 Å². The number of hydrogen-bond acceptors (Lipinski definition) is 6. The number of likely N-dealkylation sites (tertiary alicyclic amines) is 1. The molecule has 7 nitrogen and oxygen atoms in total. The lowest BCUT2D eigenvalue weighted by Crippen LogP contribution is -2.57. The van der Waals surface area contributed by atoms with Crippen molar-refractivity contribution in [2.24, 2.45) is 0 Å². The molecule has 0 unspecified atom stereocenters. The zero-order chi connectivity index (χ0) is 15.3. The van der Waals surface area contributed by atoms with Gasteiger partial charge in [-0.3, -0.25) is 4.90 Å². The van der Waals surface area contributed by atoms with Crippen LogP contribution in [0.1, 0.15) is 40.5 Å². The second-order valence-corrected chi connectivity index (χ2v) is 5.50. The molecule has 0 aromatic rings. The van der Waals surface area contributed by atoms with E-state index in [-0.39, 0.29) is 6.61 Å². The number of hydrogen-bond donors (Lipinski definition) is 0. The van der Waals surface area contributed by atoms with Crippen LogP contribution in [-0.4, -0.2) is 47.9 Å². The van der Waals surface area contributed by atoms with E-state index in [1.54, 1.807) is 20.8 Å². The van der Waals surface area contributed by atoms with Crippen LogP contribution < -0.4 is 0 Å². The molecule has 1 aliphatic rings. The van der Waals surface area contributed by atoms with Crippen LogP contribution in [0.2, 0.25) is 0 Å². The number of ether oxygens (including phenoxy) is 3. The van der Waals surface area contributed by atoms with E-state index in [1.165, 1.54) is 4.90 Å². The lowest BCUT2D eigenvalue weighted by Gasteiger charge is -2.39. The van der Waals surface area contributed by atoms with E-state index >= 15 is 0 Å². The molecule has 0 aromatic carbocycles. The number of rotatable bonds is 3. The Hall–Kier alpha value is -1.79. The summed E-state index contributed by atoms with van der Waals surface area (Å²) in [5.74, 6) is -0.789. The molecule has 1 rings (SSSR count). The molecule has 1 saturated heterocycles. The molecule has 0 spiro atoms. The van der Waals surface area contributed by atoms with Crippen molar-refractivity contribution in [1.29, 1.82) is 0 Å². The van der Waals surface area contributed by atoms with Crippen molar-refractivity contribution in [3.63, 3.8) is 0 Å². The molecule has 1 aliphatic heterocycles. The van der Waals surface area contributed by atoms with Gasteiger partial charge in [-0.25, -0.2) is 14.4 Å². The first kappa shape index (κ1) is 16.3.